The molecule has 6 heteroatoms. The van der Waals surface area contributed by atoms with Crippen LogP contribution in [0.4, 0.5) is 0 Å². The van der Waals surface area contributed by atoms with Gasteiger partial charge in [0.2, 0.25) is 0 Å². The minimum Gasteiger partial charge on any atom is -0.478 e. The van der Waals surface area contributed by atoms with Crippen molar-refractivity contribution in [2.75, 3.05) is 0 Å². The number of halogens is 3. The SMILES string of the molecule is O=C(O)/C=C/C(=O)c1cc(Cl)c(Cl)cc1Cl. The maximum Gasteiger partial charge on any atom is 0.328 e. The molecular formula is C10H5Cl3O3. The number of hydrogen-bond acceptors (Lipinski definition) is 2. The van der Waals surface area contributed by atoms with Gasteiger partial charge in [0.05, 0.1) is 15.1 Å². The third kappa shape index (κ3) is 3.23. The number of rotatable bonds is 3. The number of carbonyl (C=O) groups is 2. The molecule has 0 spiro atoms. The number of carbonyl (C=O) groups excluding carboxylic acids is 1. The molecule has 0 aliphatic carbocycles. The van der Waals surface area contributed by atoms with Gasteiger partial charge in [0, 0.05) is 11.6 Å². The van der Waals surface area contributed by atoms with E-state index in [1.807, 2.05) is 0 Å². The first-order chi connectivity index (χ1) is 7.41. The van der Waals surface area contributed by atoms with Gasteiger partial charge in [-0.15, -0.1) is 0 Å². The van der Waals surface area contributed by atoms with E-state index >= 15 is 0 Å². The van der Waals surface area contributed by atoms with Gasteiger partial charge in [-0.2, -0.15) is 0 Å². The summed E-state index contributed by atoms with van der Waals surface area (Å²) in [6.07, 6.45) is 1.62. The van der Waals surface area contributed by atoms with Crippen molar-refractivity contribution in [3.8, 4) is 0 Å². The molecule has 0 bridgehead atoms. The van der Waals surface area contributed by atoms with Crippen molar-refractivity contribution >= 4 is 46.6 Å². The van der Waals surface area contributed by atoms with Gasteiger partial charge in [-0.05, 0) is 18.2 Å². The predicted octanol–water partition coefficient (Wildman–Crippen LogP) is 3.47. The maximum absolute atomic E-state index is 11.5. The summed E-state index contributed by atoms with van der Waals surface area (Å²) in [6, 6.07) is 2.62. The van der Waals surface area contributed by atoms with Crippen LogP contribution in [0, 0.1) is 0 Å². The smallest absolute Gasteiger partial charge is 0.328 e. The Bertz CT molecular complexity index is 480. The lowest BCUT2D eigenvalue weighted by atomic mass is 10.1. The van der Waals surface area contributed by atoms with Crippen LogP contribution in [0.15, 0.2) is 24.3 Å². The standard InChI is InChI=1S/C10H5Cl3O3/c11-6-4-8(13)7(12)3-5(6)9(14)1-2-10(15)16/h1-4H,(H,15,16)/b2-1+. The lowest BCUT2D eigenvalue weighted by Gasteiger charge is -2.02. The van der Waals surface area contributed by atoms with Gasteiger partial charge in [-0.1, -0.05) is 34.8 Å². The first kappa shape index (κ1) is 13.0. The highest BCUT2D eigenvalue weighted by Gasteiger charge is 2.11. The van der Waals surface area contributed by atoms with Gasteiger partial charge >= 0.3 is 5.97 Å². The second-order valence-electron chi connectivity index (χ2n) is 2.78. The zero-order valence-electron chi connectivity index (χ0n) is 7.71. The summed E-state index contributed by atoms with van der Waals surface area (Å²) in [4.78, 5) is 21.7. The lowest BCUT2D eigenvalue weighted by Crippen LogP contribution is -1.98. The van der Waals surface area contributed by atoms with Gasteiger partial charge in [0.15, 0.2) is 5.78 Å². The summed E-state index contributed by atoms with van der Waals surface area (Å²) < 4.78 is 0. The summed E-state index contributed by atoms with van der Waals surface area (Å²) in [6.45, 7) is 0. The Morgan fingerprint density at radius 3 is 2.12 bits per heavy atom. The quantitative estimate of drug-likeness (QED) is 0.523. The molecule has 0 saturated heterocycles. The Morgan fingerprint density at radius 1 is 1.00 bits per heavy atom. The first-order valence-corrected chi connectivity index (χ1v) is 5.15. The molecule has 0 atom stereocenters. The highest BCUT2D eigenvalue weighted by molar-refractivity contribution is 6.44. The summed E-state index contributed by atoms with van der Waals surface area (Å²) >= 11 is 17.2. The van der Waals surface area contributed by atoms with Crippen LogP contribution in [0.3, 0.4) is 0 Å². The van der Waals surface area contributed by atoms with E-state index in [0.29, 0.717) is 0 Å². The highest BCUT2D eigenvalue weighted by Crippen LogP contribution is 2.29. The van der Waals surface area contributed by atoms with Crippen LogP contribution in [-0.4, -0.2) is 16.9 Å². The van der Waals surface area contributed by atoms with Gasteiger partial charge in [0.25, 0.3) is 0 Å². The molecule has 0 fully saturated rings. The van der Waals surface area contributed by atoms with Gasteiger partial charge < -0.3 is 5.11 Å². The molecule has 0 aliphatic rings. The fourth-order valence-electron chi connectivity index (χ4n) is 0.948. The minimum absolute atomic E-state index is 0.105. The summed E-state index contributed by atoms with van der Waals surface area (Å²) in [5, 5.41) is 8.88. The van der Waals surface area contributed by atoms with Crippen LogP contribution in [0.25, 0.3) is 0 Å². The highest BCUT2D eigenvalue weighted by atomic mass is 35.5. The molecule has 0 heterocycles. The molecule has 1 rings (SSSR count). The molecule has 0 radical (unpaired) electrons. The second-order valence-corrected chi connectivity index (χ2v) is 4.00. The molecule has 0 saturated carbocycles. The van der Waals surface area contributed by atoms with Gasteiger partial charge in [0.1, 0.15) is 0 Å². The molecule has 1 N–H and O–H groups in total. The summed E-state index contributed by atoms with van der Waals surface area (Å²) in [5.74, 6) is -1.77. The molecule has 3 nitrogen and oxygen atoms in total. The third-order valence-electron chi connectivity index (χ3n) is 1.65. The molecule has 1 aromatic rings. The largest absolute Gasteiger partial charge is 0.478 e. The van der Waals surface area contributed by atoms with Crippen molar-refractivity contribution in [2.45, 2.75) is 0 Å². The maximum atomic E-state index is 11.5. The van der Waals surface area contributed by atoms with Crippen LogP contribution in [-0.2, 0) is 4.79 Å². The van der Waals surface area contributed by atoms with E-state index in [1.54, 1.807) is 0 Å². The number of allylic oxidation sites excluding steroid dienone is 1. The topological polar surface area (TPSA) is 54.4 Å². The Kier molecular flexibility index (Phi) is 4.35. The molecule has 0 aliphatic heterocycles. The molecule has 16 heavy (non-hydrogen) atoms. The fourth-order valence-corrected chi connectivity index (χ4v) is 1.59. The van der Waals surface area contributed by atoms with Crippen molar-refractivity contribution in [1.29, 1.82) is 0 Å². The number of carboxylic acid groups (broad SMARTS) is 1. The van der Waals surface area contributed by atoms with Gasteiger partial charge in [-0.3, -0.25) is 4.79 Å². The van der Waals surface area contributed by atoms with Crippen LogP contribution in [0.1, 0.15) is 10.4 Å². The number of aliphatic carboxylic acids is 1. The van der Waals surface area contributed by atoms with E-state index in [2.05, 4.69) is 0 Å². The zero-order chi connectivity index (χ0) is 12.3. The Morgan fingerprint density at radius 2 is 1.56 bits per heavy atom. The number of hydrogen-bond donors (Lipinski definition) is 1. The van der Waals surface area contributed by atoms with Crippen molar-refractivity contribution in [1.82, 2.24) is 0 Å². The zero-order valence-corrected chi connectivity index (χ0v) is 9.97. The third-order valence-corrected chi connectivity index (χ3v) is 2.69. The van der Waals surface area contributed by atoms with E-state index < -0.39 is 11.8 Å². The molecule has 0 amide bonds. The second kappa shape index (κ2) is 5.34. The van der Waals surface area contributed by atoms with E-state index in [4.69, 9.17) is 39.9 Å². The Hall–Kier alpha value is -1.03. The monoisotopic (exact) mass is 278 g/mol. The van der Waals surface area contributed by atoms with Crippen LogP contribution >= 0.6 is 34.8 Å². The van der Waals surface area contributed by atoms with E-state index in [-0.39, 0.29) is 20.6 Å². The van der Waals surface area contributed by atoms with Crippen molar-refractivity contribution < 1.29 is 14.7 Å². The number of benzene rings is 1. The van der Waals surface area contributed by atoms with E-state index in [9.17, 15) is 9.59 Å². The molecule has 84 valence electrons. The molecule has 0 unspecified atom stereocenters. The van der Waals surface area contributed by atoms with E-state index in [1.165, 1.54) is 12.1 Å². The normalized spacial score (nSPS) is 10.7. The Balaban J connectivity index is 3.09. The predicted molar refractivity (Wildman–Crippen MR) is 62.6 cm³/mol. The van der Waals surface area contributed by atoms with Gasteiger partial charge in [-0.25, -0.2) is 4.79 Å². The fraction of sp³-hybridized carbons (Fsp3) is 0. The van der Waals surface area contributed by atoms with Crippen LogP contribution in [0.5, 0.6) is 0 Å². The average molecular weight is 280 g/mol. The molecular weight excluding hydrogens is 274 g/mol. The molecule has 0 aromatic heterocycles. The van der Waals surface area contributed by atoms with Crippen LogP contribution in [0.2, 0.25) is 15.1 Å². The summed E-state index contributed by atoms with van der Waals surface area (Å²) in [7, 11) is 0. The minimum atomic E-state index is -1.22. The van der Waals surface area contributed by atoms with Crippen molar-refractivity contribution in [3.63, 3.8) is 0 Å². The summed E-state index contributed by atoms with van der Waals surface area (Å²) in [5.41, 5.74) is 0.105. The number of carboxylic acids is 1. The van der Waals surface area contributed by atoms with E-state index in [0.717, 1.165) is 12.2 Å². The molecule has 1 aromatic carbocycles. The Labute approximate surface area is 106 Å². The first-order valence-electron chi connectivity index (χ1n) is 4.01. The number of ketones is 1. The average Bonchev–Trinajstić information content (AvgIpc) is 2.20. The van der Waals surface area contributed by atoms with Crippen molar-refractivity contribution in [2.24, 2.45) is 0 Å². The van der Waals surface area contributed by atoms with Crippen LogP contribution < -0.4 is 0 Å². The lowest BCUT2D eigenvalue weighted by molar-refractivity contribution is -0.131. The van der Waals surface area contributed by atoms with Crippen molar-refractivity contribution in [3.05, 3.63) is 44.9 Å².